The molecule has 0 bridgehead atoms. The van der Waals surface area contributed by atoms with Crippen molar-refractivity contribution in [2.75, 3.05) is 7.11 Å². The average molecular weight is 383 g/mol. The van der Waals surface area contributed by atoms with E-state index in [9.17, 15) is 9.90 Å². The molecule has 1 aromatic rings. The van der Waals surface area contributed by atoms with E-state index in [4.69, 9.17) is 20.1 Å². The van der Waals surface area contributed by atoms with Crippen LogP contribution in [0.3, 0.4) is 0 Å². The Morgan fingerprint density at radius 1 is 1.15 bits per heavy atom. The molecule has 0 spiro atoms. The molecule has 27 heavy (non-hydrogen) atoms. The van der Waals surface area contributed by atoms with Gasteiger partial charge in [-0.15, -0.1) is 10.1 Å². The zero-order chi connectivity index (χ0) is 20.7. The first kappa shape index (κ1) is 24.8. The molecule has 0 radical (unpaired) electrons. The van der Waals surface area contributed by atoms with Crippen LogP contribution in [0.25, 0.3) is 0 Å². The molecule has 154 valence electrons. The summed E-state index contributed by atoms with van der Waals surface area (Å²) in [4.78, 5) is 20.7. The maximum Gasteiger partial charge on any atom is 0.342 e. The molecule has 7 nitrogen and oxygen atoms in total. The van der Waals surface area contributed by atoms with Crippen LogP contribution in [0, 0.1) is 16.0 Å². The Bertz CT molecular complexity index is 533. The molecular formula is C20H33NO6. The van der Waals surface area contributed by atoms with Crippen LogP contribution in [0.2, 0.25) is 0 Å². The Kier molecular flexibility index (Phi) is 12.9. The number of benzene rings is 1. The summed E-state index contributed by atoms with van der Waals surface area (Å²) in [5, 5.41) is 24.8. The first-order valence-corrected chi connectivity index (χ1v) is 9.54. The van der Waals surface area contributed by atoms with Gasteiger partial charge in [0.1, 0.15) is 0 Å². The minimum atomic E-state index is -1.55. The van der Waals surface area contributed by atoms with Gasteiger partial charge in [0.15, 0.2) is 5.60 Å². The van der Waals surface area contributed by atoms with E-state index in [-0.39, 0.29) is 5.92 Å². The van der Waals surface area contributed by atoms with Crippen molar-refractivity contribution in [2.24, 2.45) is 5.92 Å². The van der Waals surface area contributed by atoms with Gasteiger partial charge in [0.05, 0.1) is 7.11 Å². The van der Waals surface area contributed by atoms with Crippen LogP contribution >= 0.6 is 0 Å². The van der Waals surface area contributed by atoms with E-state index in [1.165, 1.54) is 32.8 Å². The molecule has 7 heteroatoms. The van der Waals surface area contributed by atoms with Crippen molar-refractivity contribution in [1.29, 1.82) is 0 Å². The quantitative estimate of drug-likeness (QED) is 0.252. The average Bonchev–Trinajstić information content (AvgIpc) is 2.66. The number of aliphatic hydroxyl groups is 1. The summed E-state index contributed by atoms with van der Waals surface area (Å²) in [5.74, 6) is -0.676. The van der Waals surface area contributed by atoms with Crippen LogP contribution in [-0.4, -0.2) is 28.5 Å². The zero-order valence-corrected chi connectivity index (χ0v) is 16.6. The predicted octanol–water partition coefficient (Wildman–Crippen LogP) is 4.48. The van der Waals surface area contributed by atoms with E-state index in [2.05, 4.69) is 6.92 Å². The first-order chi connectivity index (χ1) is 12.8. The van der Waals surface area contributed by atoms with Crippen molar-refractivity contribution in [2.45, 2.75) is 70.8 Å². The lowest BCUT2D eigenvalue weighted by atomic mass is 9.77. The van der Waals surface area contributed by atoms with Gasteiger partial charge >= 0.3 is 5.97 Å². The van der Waals surface area contributed by atoms with Crippen LogP contribution in [0.5, 0.6) is 0 Å². The summed E-state index contributed by atoms with van der Waals surface area (Å²) >= 11 is 0. The smallest absolute Gasteiger partial charge is 0.342 e. The van der Waals surface area contributed by atoms with Gasteiger partial charge < -0.3 is 15.1 Å². The fraction of sp³-hybridized carbons (Fsp3) is 0.650. The molecule has 2 atom stereocenters. The Hall–Kier alpha value is -2.15. The number of carbonyl (C=O) groups is 1. The van der Waals surface area contributed by atoms with Crippen molar-refractivity contribution >= 4 is 5.97 Å². The van der Waals surface area contributed by atoms with Crippen molar-refractivity contribution < 1.29 is 24.9 Å². The molecule has 0 saturated heterocycles. The Morgan fingerprint density at radius 2 is 1.67 bits per heavy atom. The lowest BCUT2D eigenvalue weighted by Gasteiger charge is -2.33. The standard InChI is InChI=1S/C20H32O3.HNO3/c1-4-6-7-8-9-11-14-17(5-2)20(22,19(21)23-3)18-15-12-10-13-16-18;2-1(3)4/h10,12-13,15-17,22H,4-9,11,14H2,1-3H3;(H,2,3,4). The maximum absolute atomic E-state index is 12.3. The highest BCUT2D eigenvalue weighted by atomic mass is 16.9. The van der Waals surface area contributed by atoms with Crippen LogP contribution < -0.4 is 0 Å². The second-order valence-electron chi connectivity index (χ2n) is 6.52. The number of esters is 1. The van der Waals surface area contributed by atoms with Crippen LogP contribution in [-0.2, 0) is 15.1 Å². The van der Waals surface area contributed by atoms with Crippen LogP contribution in [0.1, 0.15) is 70.8 Å². The molecule has 0 aliphatic heterocycles. The molecule has 0 aromatic heterocycles. The summed E-state index contributed by atoms with van der Waals surface area (Å²) in [6, 6.07) is 9.19. The summed E-state index contributed by atoms with van der Waals surface area (Å²) in [6.07, 6.45) is 8.80. The molecule has 0 aliphatic carbocycles. The van der Waals surface area contributed by atoms with Gasteiger partial charge in [-0.25, -0.2) is 4.79 Å². The van der Waals surface area contributed by atoms with Crippen LogP contribution in [0.15, 0.2) is 30.3 Å². The third-order valence-corrected chi connectivity index (χ3v) is 4.70. The van der Waals surface area contributed by atoms with E-state index >= 15 is 0 Å². The van der Waals surface area contributed by atoms with Crippen molar-refractivity contribution in [3.05, 3.63) is 46.0 Å². The number of ether oxygens (including phenoxy) is 1. The lowest BCUT2D eigenvalue weighted by molar-refractivity contribution is -0.742. The SMILES string of the molecule is CCCCCCCCC(CC)C(O)(C(=O)OC)c1ccccc1.O=[N+]([O-])O. The predicted molar refractivity (Wildman–Crippen MR) is 103 cm³/mol. The Balaban J connectivity index is 0.00000153. The normalized spacial score (nSPS) is 13.6. The van der Waals surface area contributed by atoms with Gasteiger partial charge in [0.25, 0.3) is 5.09 Å². The fourth-order valence-electron chi connectivity index (χ4n) is 3.25. The Morgan fingerprint density at radius 3 is 2.15 bits per heavy atom. The molecule has 0 aliphatic rings. The summed E-state index contributed by atoms with van der Waals surface area (Å²) in [6.45, 7) is 4.24. The van der Waals surface area contributed by atoms with Gasteiger partial charge in [-0.3, -0.25) is 0 Å². The number of unbranched alkanes of at least 4 members (excludes halogenated alkanes) is 5. The molecule has 2 unspecified atom stereocenters. The van der Waals surface area contributed by atoms with E-state index in [1.54, 1.807) is 12.1 Å². The molecular weight excluding hydrogens is 350 g/mol. The van der Waals surface area contributed by atoms with Gasteiger partial charge in [-0.05, 0) is 18.4 Å². The van der Waals surface area contributed by atoms with Crippen molar-refractivity contribution in [3.8, 4) is 0 Å². The highest BCUT2D eigenvalue weighted by molar-refractivity contribution is 5.81. The van der Waals surface area contributed by atoms with Gasteiger partial charge in [0.2, 0.25) is 0 Å². The third kappa shape index (κ3) is 8.86. The summed E-state index contributed by atoms with van der Waals surface area (Å²) < 4.78 is 4.92. The summed E-state index contributed by atoms with van der Waals surface area (Å²) in [7, 11) is 1.34. The van der Waals surface area contributed by atoms with Gasteiger partial charge in [0, 0.05) is 5.92 Å². The number of hydrogen-bond acceptors (Lipinski definition) is 5. The lowest BCUT2D eigenvalue weighted by Crippen LogP contribution is -2.43. The molecule has 1 rings (SSSR count). The van der Waals surface area contributed by atoms with E-state index in [0.717, 1.165) is 25.7 Å². The second kappa shape index (κ2) is 14.0. The molecule has 2 N–H and O–H groups in total. The second-order valence-corrected chi connectivity index (χ2v) is 6.52. The number of hydrogen-bond donors (Lipinski definition) is 2. The maximum atomic E-state index is 12.3. The highest BCUT2D eigenvalue weighted by Crippen LogP contribution is 2.36. The number of rotatable bonds is 11. The third-order valence-electron chi connectivity index (χ3n) is 4.70. The molecule has 0 heterocycles. The minimum absolute atomic E-state index is 0.122. The largest absolute Gasteiger partial charge is 0.467 e. The van der Waals surface area contributed by atoms with Crippen LogP contribution in [0.4, 0.5) is 0 Å². The molecule has 0 fully saturated rings. The Labute approximate surface area is 161 Å². The number of nitrogens with zero attached hydrogens (tertiary/aromatic N) is 1. The zero-order valence-electron chi connectivity index (χ0n) is 16.6. The topological polar surface area (TPSA) is 110 Å². The molecule has 0 saturated carbocycles. The van der Waals surface area contributed by atoms with E-state index in [0.29, 0.717) is 5.56 Å². The molecule has 1 aromatic carbocycles. The van der Waals surface area contributed by atoms with Crippen molar-refractivity contribution in [1.82, 2.24) is 0 Å². The van der Waals surface area contributed by atoms with Gasteiger partial charge in [-0.1, -0.05) is 82.7 Å². The summed E-state index contributed by atoms with van der Waals surface area (Å²) in [5.41, 5.74) is -0.918. The highest BCUT2D eigenvalue weighted by Gasteiger charge is 2.45. The van der Waals surface area contributed by atoms with E-state index < -0.39 is 16.7 Å². The minimum Gasteiger partial charge on any atom is -0.467 e. The fourth-order valence-corrected chi connectivity index (χ4v) is 3.25. The monoisotopic (exact) mass is 383 g/mol. The van der Waals surface area contributed by atoms with Crippen molar-refractivity contribution in [3.63, 3.8) is 0 Å². The first-order valence-electron chi connectivity index (χ1n) is 9.54. The molecule has 0 amide bonds. The van der Waals surface area contributed by atoms with Gasteiger partial charge in [-0.2, -0.15) is 0 Å². The number of carbonyl (C=O) groups excluding carboxylic acids is 1. The number of methoxy groups -OCH3 is 1. The van der Waals surface area contributed by atoms with E-state index in [1.807, 2.05) is 25.1 Å².